The lowest BCUT2D eigenvalue weighted by molar-refractivity contribution is 0.104. The van der Waals surface area contributed by atoms with Gasteiger partial charge in [-0.3, -0.25) is 9.89 Å². The van der Waals surface area contributed by atoms with Crippen molar-refractivity contribution < 1.29 is 0 Å². The van der Waals surface area contributed by atoms with Gasteiger partial charge >= 0.3 is 0 Å². The number of hydrogen-bond donors (Lipinski definition) is 0. The number of unbranched alkanes of at least 4 members (excludes halogenated alkanes) is 6. The molecular weight excluding hydrogens is 366 g/mol. The summed E-state index contributed by atoms with van der Waals surface area (Å²) < 4.78 is 0. The number of piperazine rings is 1. The Kier molecular flexibility index (Phi) is 25.8. The summed E-state index contributed by atoms with van der Waals surface area (Å²) in [4.78, 5) is 9.10. The Labute approximate surface area is 191 Å². The van der Waals surface area contributed by atoms with Crippen LogP contribution in [0.2, 0.25) is 0 Å². The molecular formula is C27H57N3. The first-order chi connectivity index (χ1) is 14.5. The first-order valence-electron chi connectivity index (χ1n) is 13.1. The molecule has 3 nitrogen and oxygen atoms in total. The lowest BCUT2D eigenvalue weighted by atomic mass is 10.1. The fourth-order valence-corrected chi connectivity index (χ4v) is 3.30. The number of aliphatic imine (C=N–C) groups is 1. The zero-order valence-corrected chi connectivity index (χ0v) is 22.0. The highest BCUT2D eigenvalue weighted by atomic mass is 15.3. The molecule has 0 aromatic carbocycles. The Morgan fingerprint density at radius 1 is 0.833 bits per heavy atom. The summed E-state index contributed by atoms with van der Waals surface area (Å²) in [6.07, 6.45) is 17.3. The fourth-order valence-electron chi connectivity index (χ4n) is 3.30. The molecule has 1 unspecified atom stereocenters. The van der Waals surface area contributed by atoms with Crippen molar-refractivity contribution in [2.45, 2.75) is 125 Å². The average molecular weight is 424 g/mol. The molecule has 1 fully saturated rings. The molecule has 180 valence electrons. The first-order valence-corrected chi connectivity index (χ1v) is 13.1. The minimum Gasteiger partial charge on any atom is -0.301 e. The molecule has 0 bridgehead atoms. The van der Waals surface area contributed by atoms with Gasteiger partial charge in [-0.1, -0.05) is 97.6 Å². The monoisotopic (exact) mass is 423 g/mol. The third kappa shape index (κ3) is 20.6. The largest absolute Gasteiger partial charge is 0.301 e. The fraction of sp³-hybridized carbons (Fsp3) is 0.889. The van der Waals surface area contributed by atoms with Gasteiger partial charge < -0.3 is 4.90 Å². The van der Waals surface area contributed by atoms with Gasteiger partial charge in [0.15, 0.2) is 0 Å². The highest BCUT2D eigenvalue weighted by Gasteiger charge is 2.19. The van der Waals surface area contributed by atoms with Gasteiger partial charge in [0.1, 0.15) is 0 Å². The lowest BCUT2D eigenvalue weighted by Crippen LogP contribution is -2.49. The minimum absolute atomic E-state index is 0.293. The molecule has 1 aliphatic rings. The van der Waals surface area contributed by atoms with Crippen LogP contribution in [0.5, 0.6) is 0 Å². The van der Waals surface area contributed by atoms with Crippen molar-refractivity contribution in [3.05, 3.63) is 11.6 Å². The van der Waals surface area contributed by atoms with Crippen LogP contribution in [0.4, 0.5) is 0 Å². The molecule has 1 rings (SSSR count). The zero-order valence-electron chi connectivity index (χ0n) is 22.0. The van der Waals surface area contributed by atoms with E-state index in [-0.39, 0.29) is 0 Å². The van der Waals surface area contributed by atoms with Crippen LogP contribution in [-0.4, -0.2) is 55.4 Å². The van der Waals surface area contributed by atoms with Crippen LogP contribution in [0.3, 0.4) is 0 Å². The maximum Gasteiger partial charge on any atom is 0.0984 e. The molecule has 1 atom stereocenters. The Morgan fingerprint density at radius 2 is 1.43 bits per heavy atom. The van der Waals surface area contributed by atoms with E-state index in [0.29, 0.717) is 6.17 Å². The van der Waals surface area contributed by atoms with E-state index in [0.717, 1.165) is 13.1 Å². The van der Waals surface area contributed by atoms with Crippen LogP contribution >= 0.6 is 0 Å². The summed E-state index contributed by atoms with van der Waals surface area (Å²) in [6.45, 7) is 25.0. The van der Waals surface area contributed by atoms with Crippen molar-refractivity contribution >= 4 is 6.72 Å². The summed E-state index contributed by atoms with van der Waals surface area (Å²) >= 11 is 0. The molecule has 1 saturated heterocycles. The van der Waals surface area contributed by atoms with Crippen LogP contribution in [0.15, 0.2) is 16.6 Å². The summed E-state index contributed by atoms with van der Waals surface area (Å²) in [5, 5.41) is 0. The second kappa shape index (κ2) is 24.6. The van der Waals surface area contributed by atoms with E-state index in [1.165, 1.54) is 90.3 Å². The minimum atomic E-state index is 0.293. The molecule has 0 aliphatic carbocycles. The molecule has 0 amide bonds. The summed E-state index contributed by atoms with van der Waals surface area (Å²) in [5.74, 6) is 0. The van der Waals surface area contributed by atoms with Crippen molar-refractivity contribution in [1.82, 2.24) is 9.80 Å². The molecule has 0 saturated carbocycles. The van der Waals surface area contributed by atoms with E-state index < -0.39 is 0 Å². The first kappa shape index (κ1) is 31.5. The quantitative estimate of drug-likeness (QED) is 0.170. The van der Waals surface area contributed by atoms with Crippen molar-refractivity contribution in [2.75, 3.05) is 32.7 Å². The van der Waals surface area contributed by atoms with Crippen molar-refractivity contribution in [3.8, 4) is 0 Å². The van der Waals surface area contributed by atoms with Crippen LogP contribution in [0.25, 0.3) is 0 Å². The molecule has 0 spiro atoms. The van der Waals surface area contributed by atoms with E-state index >= 15 is 0 Å². The van der Waals surface area contributed by atoms with E-state index in [1.807, 2.05) is 0 Å². The van der Waals surface area contributed by atoms with Gasteiger partial charge in [0.25, 0.3) is 0 Å². The predicted octanol–water partition coefficient (Wildman–Crippen LogP) is 7.96. The normalized spacial score (nSPS) is 16.2. The molecule has 1 aliphatic heterocycles. The predicted molar refractivity (Wildman–Crippen MR) is 140 cm³/mol. The van der Waals surface area contributed by atoms with Gasteiger partial charge in [-0.25, -0.2) is 0 Å². The van der Waals surface area contributed by atoms with Crippen LogP contribution in [0.1, 0.15) is 119 Å². The molecule has 0 aromatic rings. The van der Waals surface area contributed by atoms with E-state index in [1.54, 1.807) is 5.57 Å². The second-order valence-electron chi connectivity index (χ2n) is 8.70. The third-order valence-corrected chi connectivity index (χ3v) is 5.70. The molecule has 0 N–H and O–H groups in total. The smallest absolute Gasteiger partial charge is 0.0984 e. The van der Waals surface area contributed by atoms with Crippen LogP contribution < -0.4 is 0 Å². The Bertz CT molecular complexity index is 368. The molecule has 1 heterocycles. The highest BCUT2D eigenvalue weighted by Crippen LogP contribution is 2.09. The van der Waals surface area contributed by atoms with Gasteiger partial charge in [0, 0.05) is 26.2 Å². The molecule has 0 radical (unpaired) electrons. The summed E-state index contributed by atoms with van der Waals surface area (Å²) in [7, 11) is 0. The highest BCUT2D eigenvalue weighted by molar-refractivity contribution is 5.23. The standard InChI is InChI=1S/C14H29N3.C9H18.C4H10/c1-4-5-6-7-8-9-16-10-12-17(13-11-16)14(2)15-3;1-4-6-8-9(3)7-5-2;1-3-4-2/h14H,3-13H2,1-2H3;8H,4-7H2,1-3H3;3-4H2,1-2H3/b;9-8-;. The number of rotatable bonds is 13. The van der Waals surface area contributed by atoms with Gasteiger partial charge in [0.2, 0.25) is 0 Å². The number of nitrogens with zero attached hydrogens (tertiary/aromatic N) is 3. The zero-order chi connectivity index (χ0) is 23.0. The summed E-state index contributed by atoms with van der Waals surface area (Å²) in [5.41, 5.74) is 1.55. The van der Waals surface area contributed by atoms with Gasteiger partial charge in [-0.05, 0) is 46.4 Å². The maximum absolute atomic E-state index is 4.09. The Balaban J connectivity index is 0. The second-order valence-corrected chi connectivity index (χ2v) is 8.70. The molecule has 0 aromatic heterocycles. The summed E-state index contributed by atoms with van der Waals surface area (Å²) in [6, 6.07) is 0. The maximum atomic E-state index is 4.09. The third-order valence-electron chi connectivity index (χ3n) is 5.70. The SMILES string of the molecule is C=NC(C)N1CCN(CCCCCCC)CC1.CCC/C=C(/C)CCC.CCCC. The van der Waals surface area contributed by atoms with Crippen LogP contribution in [0, 0.1) is 0 Å². The van der Waals surface area contributed by atoms with Crippen molar-refractivity contribution in [1.29, 1.82) is 0 Å². The van der Waals surface area contributed by atoms with E-state index in [9.17, 15) is 0 Å². The average Bonchev–Trinajstić information content (AvgIpc) is 2.78. The molecule has 30 heavy (non-hydrogen) atoms. The lowest BCUT2D eigenvalue weighted by Gasteiger charge is -2.36. The number of hydrogen-bond acceptors (Lipinski definition) is 3. The Hall–Kier alpha value is -0.670. The topological polar surface area (TPSA) is 18.8 Å². The van der Waals surface area contributed by atoms with Gasteiger partial charge in [-0.15, -0.1) is 0 Å². The van der Waals surface area contributed by atoms with Crippen molar-refractivity contribution in [2.24, 2.45) is 4.99 Å². The van der Waals surface area contributed by atoms with E-state index in [2.05, 4.69) is 76.1 Å². The van der Waals surface area contributed by atoms with Gasteiger partial charge in [0.05, 0.1) is 6.17 Å². The van der Waals surface area contributed by atoms with Crippen molar-refractivity contribution in [3.63, 3.8) is 0 Å². The number of allylic oxidation sites excluding steroid dienone is 2. The Morgan fingerprint density at radius 3 is 1.90 bits per heavy atom. The van der Waals surface area contributed by atoms with E-state index in [4.69, 9.17) is 0 Å². The van der Waals surface area contributed by atoms with Crippen LogP contribution in [-0.2, 0) is 0 Å². The van der Waals surface area contributed by atoms with Gasteiger partial charge in [-0.2, -0.15) is 0 Å². The molecule has 3 heteroatoms.